The van der Waals surface area contributed by atoms with E-state index in [-0.39, 0.29) is 18.6 Å². The van der Waals surface area contributed by atoms with Gasteiger partial charge in [0.05, 0.1) is 0 Å². The van der Waals surface area contributed by atoms with E-state index in [2.05, 4.69) is 5.32 Å². The Morgan fingerprint density at radius 3 is 2.43 bits per heavy atom. The van der Waals surface area contributed by atoms with Crippen LogP contribution in [0.4, 0.5) is 0 Å². The zero-order chi connectivity index (χ0) is 10.4. The molecule has 0 amide bonds. The second-order valence-electron chi connectivity index (χ2n) is 3.36. The average molecular weight is 194 g/mol. The first-order valence-corrected chi connectivity index (χ1v) is 4.86. The van der Waals surface area contributed by atoms with Gasteiger partial charge in [-0.1, -0.05) is 30.3 Å². The summed E-state index contributed by atoms with van der Waals surface area (Å²) in [5.74, 6) is 0.0717. The van der Waals surface area contributed by atoms with Crippen LogP contribution in [-0.4, -0.2) is 25.3 Å². The lowest BCUT2D eigenvalue weighted by molar-refractivity contribution is 0.198. The van der Waals surface area contributed by atoms with Crippen LogP contribution in [-0.2, 0) is 0 Å². The molecule has 1 aromatic rings. The van der Waals surface area contributed by atoms with E-state index in [1.54, 1.807) is 0 Å². The summed E-state index contributed by atoms with van der Waals surface area (Å²) in [5.41, 5.74) is 6.76. The number of hydrogen-bond acceptors (Lipinski definition) is 3. The Hall–Kier alpha value is -0.900. The molecular weight excluding hydrogens is 176 g/mol. The SMILES string of the molecule is CN[C@@H](c1ccccc1)[C@H](CN)CO. The molecule has 14 heavy (non-hydrogen) atoms. The Balaban J connectivity index is 2.81. The van der Waals surface area contributed by atoms with Gasteiger partial charge in [0.25, 0.3) is 0 Å². The van der Waals surface area contributed by atoms with Crippen molar-refractivity contribution in [3.63, 3.8) is 0 Å². The number of nitrogens with two attached hydrogens (primary N) is 1. The van der Waals surface area contributed by atoms with Gasteiger partial charge in [0.15, 0.2) is 0 Å². The molecule has 4 N–H and O–H groups in total. The summed E-state index contributed by atoms with van der Waals surface area (Å²) in [4.78, 5) is 0. The maximum absolute atomic E-state index is 9.17. The van der Waals surface area contributed by atoms with Crippen LogP contribution in [0.3, 0.4) is 0 Å². The highest BCUT2D eigenvalue weighted by molar-refractivity contribution is 5.19. The molecule has 0 saturated heterocycles. The van der Waals surface area contributed by atoms with Crippen molar-refractivity contribution < 1.29 is 5.11 Å². The molecule has 0 spiro atoms. The van der Waals surface area contributed by atoms with E-state index >= 15 is 0 Å². The average Bonchev–Trinajstić information content (AvgIpc) is 2.27. The monoisotopic (exact) mass is 194 g/mol. The van der Waals surface area contributed by atoms with E-state index in [4.69, 9.17) is 10.8 Å². The van der Waals surface area contributed by atoms with E-state index in [1.807, 2.05) is 37.4 Å². The van der Waals surface area contributed by atoms with Gasteiger partial charge in [-0.2, -0.15) is 0 Å². The zero-order valence-corrected chi connectivity index (χ0v) is 8.48. The minimum absolute atomic E-state index is 0.0717. The molecule has 2 atom stereocenters. The van der Waals surface area contributed by atoms with E-state index in [9.17, 15) is 0 Å². The van der Waals surface area contributed by atoms with Gasteiger partial charge in [-0.15, -0.1) is 0 Å². The first-order chi connectivity index (χ1) is 6.83. The molecule has 78 valence electrons. The second kappa shape index (κ2) is 5.75. The molecule has 0 aliphatic heterocycles. The van der Waals surface area contributed by atoms with Crippen molar-refractivity contribution in [3.8, 4) is 0 Å². The molecule has 0 unspecified atom stereocenters. The third-order valence-corrected chi connectivity index (χ3v) is 2.48. The van der Waals surface area contributed by atoms with Gasteiger partial charge in [-0.3, -0.25) is 0 Å². The highest BCUT2D eigenvalue weighted by Crippen LogP contribution is 2.20. The molecule has 0 fully saturated rings. The van der Waals surface area contributed by atoms with E-state index in [0.29, 0.717) is 6.54 Å². The third-order valence-electron chi connectivity index (χ3n) is 2.48. The summed E-state index contributed by atoms with van der Waals surface area (Å²) >= 11 is 0. The predicted molar refractivity (Wildman–Crippen MR) is 57.9 cm³/mol. The summed E-state index contributed by atoms with van der Waals surface area (Å²) < 4.78 is 0. The fourth-order valence-corrected chi connectivity index (χ4v) is 1.65. The fraction of sp³-hybridized carbons (Fsp3) is 0.455. The minimum atomic E-state index is 0.0717. The number of aliphatic hydroxyl groups is 1. The topological polar surface area (TPSA) is 58.3 Å². The largest absolute Gasteiger partial charge is 0.396 e. The molecule has 0 radical (unpaired) electrons. The quantitative estimate of drug-likeness (QED) is 0.640. The van der Waals surface area contributed by atoms with Crippen LogP contribution in [0.2, 0.25) is 0 Å². The molecular formula is C11H18N2O. The Labute approximate surface area is 84.9 Å². The van der Waals surface area contributed by atoms with Gasteiger partial charge in [-0.25, -0.2) is 0 Å². The van der Waals surface area contributed by atoms with Crippen molar-refractivity contribution in [1.82, 2.24) is 5.32 Å². The van der Waals surface area contributed by atoms with Gasteiger partial charge >= 0.3 is 0 Å². The van der Waals surface area contributed by atoms with Crippen LogP contribution in [0.5, 0.6) is 0 Å². The van der Waals surface area contributed by atoms with Crippen molar-refractivity contribution in [2.24, 2.45) is 11.7 Å². The first-order valence-electron chi connectivity index (χ1n) is 4.86. The molecule has 3 heteroatoms. The van der Waals surface area contributed by atoms with Gasteiger partial charge in [-0.05, 0) is 19.2 Å². The van der Waals surface area contributed by atoms with Crippen LogP contribution >= 0.6 is 0 Å². The summed E-state index contributed by atoms with van der Waals surface area (Å²) in [6, 6.07) is 10.2. The minimum Gasteiger partial charge on any atom is -0.396 e. The van der Waals surface area contributed by atoms with Crippen LogP contribution in [0.1, 0.15) is 11.6 Å². The van der Waals surface area contributed by atoms with Gasteiger partial charge in [0, 0.05) is 18.6 Å². The number of aliphatic hydroxyl groups excluding tert-OH is 1. The summed E-state index contributed by atoms with van der Waals surface area (Å²) in [7, 11) is 1.88. The standard InChI is InChI=1S/C11H18N2O/c1-13-11(10(7-12)8-14)9-5-3-2-4-6-9/h2-6,10-11,13-14H,7-8,12H2,1H3/t10-,11+/m1/s1. The van der Waals surface area contributed by atoms with E-state index < -0.39 is 0 Å². The maximum Gasteiger partial charge on any atom is 0.0489 e. The van der Waals surface area contributed by atoms with Crippen molar-refractivity contribution in [1.29, 1.82) is 0 Å². The predicted octanol–water partition coefficient (Wildman–Crippen LogP) is 0.514. The number of benzene rings is 1. The lowest BCUT2D eigenvalue weighted by Gasteiger charge is -2.24. The fourth-order valence-electron chi connectivity index (χ4n) is 1.65. The third kappa shape index (κ3) is 2.54. The highest BCUT2D eigenvalue weighted by atomic mass is 16.3. The molecule has 0 aliphatic carbocycles. The van der Waals surface area contributed by atoms with Gasteiger partial charge in [0.2, 0.25) is 0 Å². The molecule has 1 rings (SSSR count). The van der Waals surface area contributed by atoms with Crippen LogP contribution < -0.4 is 11.1 Å². The number of hydrogen-bond donors (Lipinski definition) is 3. The smallest absolute Gasteiger partial charge is 0.0489 e. The molecule has 0 aromatic heterocycles. The zero-order valence-electron chi connectivity index (χ0n) is 8.48. The van der Waals surface area contributed by atoms with Gasteiger partial charge in [0.1, 0.15) is 0 Å². The molecule has 0 aliphatic rings. The Kier molecular flexibility index (Phi) is 4.59. The highest BCUT2D eigenvalue weighted by Gasteiger charge is 2.18. The first kappa shape index (κ1) is 11.2. The summed E-state index contributed by atoms with van der Waals surface area (Å²) in [5, 5.41) is 12.3. The molecule has 0 saturated carbocycles. The van der Waals surface area contributed by atoms with E-state index in [0.717, 1.165) is 0 Å². The maximum atomic E-state index is 9.17. The number of nitrogens with one attached hydrogen (secondary N) is 1. The molecule has 1 aromatic carbocycles. The van der Waals surface area contributed by atoms with Crippen molar-refractivity contribution in [2.45, 2.75) is 6.04 Å². The summed E-state index contributed by atoms with van der Waals surface area (Å²) in [6.07, 6.45) is 0. The second-order valence-corrected chi connectivity index (χ2v) is 3.36. The molecule has 0 heterocycles. The summed E-state index contributed by atoms with van der Waals surface area (Å²) in [6.45, 7) is 0.591. The van der Waals surface area contributed by atoms with Crippen LogP contribution in [0.15, 0.2) is 30.3 Å². The lowest BCUT2D eigenvalue weighted by Crippen LogP contribution is -2.32. The number of rotatable bonds is 5. The van der Waals surface area contributed by atoms with Crippen molar-refractivity contribution in [3.05, 3.63) is 35.9 Å². The Morgan fingerprint density at radius 1 is 1.36 bits per heavy atom. The van der Waals surface area contributed by atoms with Crippen LogP contribution in [0.25, 0.3) is 0 Å². The Bertz CT molecular complexity index is 247. The normalized spacial score (nSPS) is 15.1. The van der Waals surface area contributed by atoms with Crippen LogP contribution in [0, 0.1) is 5.92 Å². The molecule has 3 nitrogen and oxygen atoms in total. The van der Waals surface area contributed by atoms with Crippen molar-refractivity contribution >= 4 is 0 Å². The molecule has 0 bridgehead atoms. The van der Waals surface area contributed by atoms with Crippen molar-refractivity contribution in [2.75, 3.05) is 20.2 Å². The van der Waals surface area contributed by atoms with Gasteiger partial charge < -0.3 is 16.2 Å². The van der Waals surface area contributed by atoms with E-state index in [1.165, 1.54) is 5.56 Å². The lowest BCUT2D eigenvalue weighted by atomic mass is 9.94. The Morgan fingerprint density at radius 2 is 2.00 bits per heavy atom.